The Hall–Kier alpha value is -1.58. The third-order valence-electron chi connectivity index (χ3n) is 2.53. The fourth-order valence-electron chi connectivity index (χ4n) is 1.88. The molecule has 0 bridgehead atoms. The van der Waals surface area contributed by atoms with Gasteiger partial charge >= 0.3 is 5.97 Å². The van der Waals surface area contributed by atoms with Crippen LogP contribution in [0.25, 0.3) is 0 Å². The lowest BCUT2D eigenvalue weighted by Crippen LogP contribution is -2.27. The summed E-state index contributed by atoms with van der Waals surface area (Å²) in [6.07, 6.45) is 1.80. The molecule has 1 aromatic rings. The lowest BCUT2D eigenvalue weighted by Gasteiger charge is -2.25. The second kappa shape index (κ2) is 6.23. The van der Waals surface area contributed by atoms with Crippen molar-refractivity contribution in [2.75, 3.05) is 18.0 Å². The van der Waals surface area contributed by atoms with Crippen molar-refractivity contribution in [3.05, 3.63) is 29.6 Å². The minimum atomic E-state index is -1.21. The highest BCUT2D eigenvalue weighted by Crippen LogP contribution is 2.23. The summed E-state index contributed by atoms with van der Waals surface area (Å²) >= 11 is 0. The third kappa shape index (κ3) is 3.19. The molecule has 0 heterocycles. The minimum Gasteiger partial charge on any atom is -0.478 e. The monoisotopic (exact) mass is 239 g/mol. The number of halogens is 1. The van der Waals surface area contributed by atoms with Gasteiger partial charge in [0.1, 0.15) is 11.4 Å². The summed E-state index contributed by atoms with van der Waals surface area (Å²) in [4.78, 5) is 13.0. The molecule has 0 radical (unpaired) electrons. The Morgan fingerprint density at radius 2 is 1.88 bits per heavy atom. The maximum absolute atomic E-state index is 13.5. The smallest absolute Gasteiger partial charge is 0.340 e. The molecule has 0 unspecified atom stereocenters. The molecular weight excluding hydrogens is 221 g/mol. The van der Waals surface area contributed by atoms with Crippen molar-refractivity contribution in [1.29, 1.82) is 0 Å². The molecule has 94 valence electrons. The van der Waals surface area contributed by atoms with Crippen molar-refractivity contribution in [2.45, 2.75) is 26.7 Å². The normalized spacial score (nSPS) is 10.3. The van der Waals surface area contributed by atoms with Gasteiger partial charge in [-0.05, 0) is 25.0 Å². The van der Waals surface area contributed by atoms with E-state index in [1.807, 2.05) is 18.7 Å². The number of carboxylic acid groups (broad SMARTS) is 1. The number of aromatic carboxylic acids is 1. The molecule has 0 aliphatic rings. The van der Waals surface area contributed by atoms with Gasteiger partial charge < -0.3 is 10.0 Å². The number of carboxylic acids is 1. The molecule has 0 saturated heterocycles. The molecule has 0 aliphatic carbocycles. The van der Waals surface area contributed by atoms with Gasteiger partial charge in [0, 0.05) is 13.1 Å². The Labute approximate surface area is 101 Å². The Morgan fingerprint density at radius 3 is 2.35 bits per heavy atom. The largest absolute Gasteiger partial charge is 0.478 e. The van der Waals surface area contributed by atoms with Crippen LogP contribution in [0.1, 0.15) is 37.0 Å². The van der Waals surface area contributed by atoms with Gasteiger partial charge in [-0.2, -0.15) is 0 Å². The number of anilines is 1. The lowest BCUT2D eigenvalue weighted by molar-refractivity contribution is 0.0692. The first kappa shape index (κ1) is 13.5. The van der Waals surface area contributed by atoms with Gasteiger partial charge in [-0.15, -0.1) is 0 Å². The van der Waals surface area contributed by atoms with Crippen molar-refractivity contribution in [3.63, 3.8) is 0 Å². The van der Waals surface area contributed by atoms with Gasteiger partial charge in [0.25, 0.3) is 0 Å². The molecule has 1 rings (SSSR count). The van der Waals surface area contributed by atoms with E-state index < -0.39 is 11.8 Å². The highest BCUT2D eigenvalue weighted by molar-refractivity contribution is 5.94. The fourth-order valence-corrected chi connectivity index (χ4v) is 1.88. The number of hydrogen-bond donors (Lipinski definition) is 1. The molecular formula is C13H18FNO2. The van der Waals surface area contributed by atoms with E-state index in [1.165, 1.54) is 6.07 Å². The molecule has 0 aliphatic heterocycles. The fraction of sp³-hybridized carbons (Fsp3) is 0.462. The zero-order valence-electron chi connectivity index (χ0n) is 10.2. The quantitative estimate of drug-likeness (QED) is 0.829. The van der Waals surface area contributed by atoms with E-state index in [0.29, 0.717) is 5.69 Å². The number of rotatable bonds is 6. The van der Waals surface area contributed by atoms with Gasteiger partial charge in [-0.25, -0.2) is 9.18 Å². The van der Waals surface area contributed by atoms with Crippen LogP contribution >= 0.6 is 0 Å². The SMILES string of the molecule is CCCN(CCC)c1cccc(F)c1C(=O)O. The standard InChI is InChI=1S/C13H18FNO2/c1-3-8-15(9-4-2)11-7-5-6-10(14)12(11)13(16)17/h5-7H,3-4,8-9H2,1-2H3,(H,16,17). The summed E-state index contributed by atoms with van der Waals surface area (Å²) in [5, 5.41) is 9.07. The second-order valence-electron chi connectivity index (χ2n) is 3.93. The average Bonchev–Trinajstić information content (AvgIpc) is 2.28. The molecule has 0 spiro atoms. The molecule has 0 amide bonds. The topological polar surface area (TPSA) is 40.5 Å². The van der Waals surface area contributed by atoms with Gasteiger partial charge in [0.15, 0.2) is 0 Å². The lowest BCUT2D eigenvalue weighted by atomic mass is 10.1. The van der Waals surface area contributed by atoms with Gasteiger partial charge in [-0.3, -0.25) is 0 Å². The minimum absolute atomic E-state index is 0.227. The zero-order valence-corrected chi connectivity index (χ0v) is 10.2. The maximum atomic E-state index is 13.5. The second-order valence-corrected chi connectivity index (χ2v) is 3.93. The number of carbonyl (C=O) groups is 1. The van der Waals surface area contributed by atoms with Crippen LogP contribution in [-0.4, -0.2) is 24.2 Å². The number of nitrogens with zero attached hydrogens (tertiary/aromatic N) is 1. The van der Waals surface area contributed by atoms with Gasteiger partial charge in [0.2, 0.25) is 0 Å². The molecule has 0 fully saturated rings. The van der Waals surface area contributed by atoms with E-state index in [2.05, 4.69) is 0 Å². The van der Waals surface area contributed by atoms with E-state index in [0.717, 1.165) is 25.9 Å². The first-order chi connectivity index (χ1) is 8.11. The van der Waals surface area contributed by atoms with Crippen molar-refractivity contribution in [1.82, 2.24) is 0 Å². The summed E-state index contributed by atoms with van der Waals surface area (Å²) in [6, 6.07) is 4.40. The van der Waals surface area contributed by atoms with E-state index in [9.17, 15) is 9.18 Å². The van der Waals surface area contributed by atoms with Crippen molar-refractivity contribution < 1.29 is 14.3 Å². The van der Waals surface area contributed by atoms with E-state index in [1.54, 1.807) is 12.1 Å². The van der Waals surface area contributed by atoms with Crippen LogP contribution in [0.2, 0.25) is 0 Å². The number of hydrogen-bond acceptors (Lipinski definition) is 2. The molecule has 1 N–H and O–H groups in total. The highest BCUT2D eigenvalue weighted by Gasteiger charge is 2.19. The Kier molecular flexibility index (Phi) is 4.94. The van der Waals surface area contributed by atoms with Crippen molar-refractivity contribution >= 4 is 11.7 Å². The predicted octanol–water partition coefficient (Wildman–Crippen LogP) is 3.15. The summed E-state index contributed by atoms with van der Waals surface area (Å²) in [5.41, 5.74) is 0.246. The molecule has 4 heteroatoms. The zero-order chi connectivity index (χ0) is 12.8. The van der Waals surface area contributed by atoms with Crippen LogP contribution in [0.4, 0.5) is 10.1 Å². The molecule has 17 heavy (non-hydrogen) atoms. The first-order valence-corrected chi connectivity index (χ1v) is 5.88. The third-order valence-corrected chi connectivity index (χ3v) is 2.53. The van der Waals surface area contributed by atoms with Crippen LogP contribution < -0.4 is 4.90 Å². The number of benzene rings is 1. The van der Waals surface area contributed by atoms with Gasteiger partial charge in [-0.1, -0.05) is 19.9 Å². The van der Waals surface area contributed by atoms with Crippen molar-refractivity contribution in [3.8, 4) is 0 Å². The van der Waals surface area contributed by atoms with Crippen LogP contribution in [0.5, 0.6) is 0 Å². The summed E-state index contributed by atoms with van der Waals surface area (Å²) in [5.74, 6) is -1.89. The van der Waals surface area contributed by atoms with E-state index in [4.69, 9.17) is 5.11 Å². The summed E-state index contributed by atoms with van der Waals surface area (Å²) < 4.78 is 13.5. The Bertz CT molecular complexity index is 387. The van der Waals surface area contributed by atoms with Crippen LogP contribution in [0.3, 0.4) is 0 Å². The maximum Gasteiger partial charge on any atom is 0.340 e. The van der Waals surface area contributed by atoms with Crippen molar-refractivity contribution in [2.24, 2.45) is 0 Å². The molecule has 0 saturated carbocycles. The van der Waals surface area contributed by atoms with E-state index >= 15 is 0 Å². The average molecular weight is 239 g/mol. The summed E-state index contributed by atoms with van der Waals surface area (Å²) in [7, 11) is 0. The van der Waals surface area contributed by atoms with Crippen LogP contribution in [0.15, 0.2) is 18.2 Å². The first-order valence-electron chi connectivity index (χ1n) is 5.88. The Morgan fingerprint density at radius 1 is 1.29 bits per heavy atom. The molecule has 0 atom stereocenters. The van der Waals surface area contributed by atoms with E-state index in [-0.39, 0.29) is 5.56 Å². The van der Waals surface area contributed by atoms with Crippen LogP contribution in [0, 0.1) is 5.82 Å². The molecule has 0 aromatic heterocycles. The predicted molar refractivity (Wildman–Crippen MR) is 66.2 cm³/mol. The summed E-state index contributed by atoms with van der Waals surface area (Å²) in [6.45, 7) is 5.50. The molecule has 1 aromatic carbocycles. The van der Waals surface area contributed by atoms with Crippen LogP contribution in [-0.2, 0) is 0 Å². The highest BCUT2D eigenvalue weighted by atomic mass is 19.1. The molecule has 3 nitrogen and oxygen atoms in total. The Balaban J connectivity index is 3.17. The van der Waals surface area contributed by atoms with Gasteiger partial charge in [0.05, 0.1) is 5.69 Å².